The quantitative estimate of drug-likeness (QED) is 0.343. The van der Waals surface area contributed by atoms with Crippen LogP contribution >= 0.6 is 0 Å². The Morgan fingerprint density at radius 3 is 2.50 bits per heavy atom. The van der Waals surface area contributed by atoms with Crippen molar-refractivity contribution < 1.29 is 9.50 Å². The zero-order chi connectivity index (χ0) is 21.7. The smallest absolute Gasteiger partial charge is 0.127 e. The fourth-order valence-electron chi connectivity index (χ4n) is 4.11. The largest absolute Gasteiger partial charge is 0.508 e. The molecule has 3 aromatic carbocycles. The predicted octanol–water partition coefficient (Wildman–Crippen LogP) is 5.68. The van der Waals surface area contributed by atoms with Crippen LogP contribution in [0.1, 0.15) is 0 Å². The van der Waals surface area contributed by atoms with E-state index in [0.717, 1.165) is 56.0 Å². The Morgan fingerprint density at radius 1 is 0.781 bits per heavy atom. The summed E-state index contributed by atoms with van der Waals surface area (Å²) in [7, 11) is 0. The van der Waals surface area contributed by atoms with E-state index in [0.29, 0.717) is 5.56 Å². The highest BCUT2D eigenvalue weighted by Crippen LogP contribution is 2.36. The molecule has 32 heavy (non-hydrogen) atoms. The van der Waals surface area contributed by atoms with Gasteiger partial charge in [-0.15, -0.1) is 0 Å². The van der Waals surface area contributed by atoms with Gasteiger partial charge in [0, 0.05) is 40.3 Å². The minimum Gasteiger partial charge on any atom is -0.508 e. The lowest BCUT2D eigenvalue weighted by atomic mass is 10.0. The molecule has 0 unspecified atom stereocenters. The molecule has 3 N–H and O–H groups in total. The van der Waals surface area contributed by atoms with Gasteiger partial charge in [-0.3, -0.25) is 5.10 Å². The summed E-state index contributed by atoms with van der Waals surface area (Å²) in [6.07, 6.45) is 5.06. The highest BCUT2D eigenvalue weighted by Gasteiger charge is 2.15. The molecule has 7 heteroatoms. The molecule has 6 aromatic rings. The van der Waals surface area contributed by atoms with Gasteiger partial charge in [0.05, 0.1) is 11.2 Å². The van der Waals surface area contributed by atoms with Gasteiger partial charge >= 0.3 is 0 Å². The Labute approximate surface area is 181 Å². The maximum Gasteiger partial charge on any atom is 0.127 e. The third-order valence-corrected chi connectivity index (χ3v) is 5.57. The summed E-state index contributed by atoms with van der Waals surface area (Å²) < 4.78 is 13.9. The fourth-order valence-corrected chi connectivity index (χ4v) is 4.11. The normalized spacial score (nSPS) is 11.4. The van der Waals surface area contributed by atoms with Crippen LogP contribution in [0.25, 0.3) is 55.4 Å². The van der Waals surface area contributed by atoms with Crippen molar-refractivity contribution in [2.24, 2.45) is 0 Å². The van der Waals surface area contributed by atoms with Crippen molar-refractivity contribution in [2.45, 2.75) is 0 Å². The average molecular weight is 421 g/mol. The van der Waals surface area contributed by atoms with Crippen LogP contribution in [0.4, 0.5) is 4.39 Å². The van der Waals surface area contributed by atoms with E-state index in [-0.39, 0.29) is 5.75 Å². The summed E-state index contributed by atoms with van der Waals surface area (Å²) in [6.45, 7) is 0. The maximum absolute atomic E-state index is 13.9. The standard InChI is InChI=1S/C25H16FN5O/c26-17-6-15(7-18(32)9-17)19-2-1-3-22-20(19)10-24(29-22)25-21-8-14(4-5-23(21)30-31-25)16-11-27-13-28-12-16/h1-13,29,32H,(H,30,31). The molecule has 0 saturated heterocycles. The van der Waals surface area contributed by atoms with Crippen molar-refractivity contribution in [3.8, 4) is 39.4 Å². The first-order valence-corrected chi connectivity index (χ1v) is 10.0. The van der Waals surface area contributed by atoms with Gasteiger partial charge in [-0.25, -0.2) is 14.4 Å². The molecule has 0 aliphatic carbocycles. The Kier molecular flexibility index (Phi) is 4.01. The molecular weight excluding hydrogens is 405 g/mol. The van der Waals surface area contributed by atoms with Crippen LogP contribution in [-0.4, -0.2) is 30.3 Å². The van der Waals surface area contributed by atoms with Crippen molar-refractivity contribution in [3.63, 3.8) is 0 Å². The second-order valence-electron chi connectivity index (χ2n) is 7.61. The summed E-state index contributed by atoms with van der Waals surface area (Å²) in [5, 5.41) is 19.4. The molecule has 0 spiro atoms. The molecule has 3 aromatic heterocycles. The number of aromatic nitrogens is 5. The maximum atomic E-state index is 13.9. The number of rotatable bonds is 3. The summed E-state index contributed by atoms with van der Waals surface area (Å²) in [4.78, 5) is 11.6. The zero-order valence-corrected chi connectivity index (χ0v) is 16.7. The lowest BCUT2D eigenvalue weighted by molar-refractivity contribution is 0.469. The second-order valence-corrected chi connectivity index (χ2v) is 7.61. The molecule has 0 saturated carbocycles. The van der Waals surface area contributed by atoms with E-state index in [1.165, 1.54) is 12.4 Å². The van der Waals surface area contributed by atoms with Gasteiger partial charge in [-0.1, -0.05) is 18.2 Å². The molecule has 0 radical (unpaired) electrons. The second kappa shape index (κ2) is 7.02. The molecule has 6 rings (SSSR count). The Bertz CT molecular complexity index is 1580. The first-order chi connectivity index (χ1) is 15.7. The molecule has 0 fully saturated rings. The van der Waals surface area contributed by atoms with Crippen LogP contribution in [0.15, 0.2) is 79.4 Å². The van der Waals surface area contributed by atoms with Crippen molar-refractivity contribution in [1.82, 2.24) is 25.1 Å². The molecule has 0 aliphatic rings. The molecular formula is C25H16FN5O. The number of phenols is 1. The Morgan fingerprint density at radius 2 is 1.66 bits per heavy atom. The SMILES string of the molecule is Oc1cc(F)cc(-c2cccc3[nH]c(-c4n[nH]c5ccc(-c6cncnc6)cc45)cc23)c1. The van der Waals surface area contributed by atoms with Crippen LogP contribution in [0, 0.1) is 5.82 Å². The average Bonchev–Trinajstić information content (AvgIpc) is 3.42. The summed E-state index contributed by atoms with van der Waals surface area (Å²) in [5.74, 6) is -0.591. The molecule has 0 bridgehead atoms. The monoisotopic (exact) mass is 421 g/mol. The zero-order valence-electron chi connectivity index (χ0n) is 16.7. The van der Waals surface area contributed by atoms with E-state index in [1.54, 1.807) is 18.5 Å². The van der Waals surface area contributed by atoms with E-state index in [4.69, 9.17) is 0 Å². The van der Waals surface area contributed by atoms with Crippen molar-refractivity contribution in [1.29, 1.82) is 0 Å². The summed E-state index contributed by atoms with van der Waals surface area (Å²) in [5.41, 5.74) is 6.76. The van der Waals surface area contributed by atoms with Crippen molar-refractivity contribution >= 4 is 21.8 Å². The van der Waals surface area contributed by atoms with E-state index in [9.17, 15) is 9.50 Å². The minimum atomic E-state index is -0.483. The number of fused-ring (bicyclic) bond motifs is 2. The summed E-state index contributed by atoms with van der Waals surface area (Å²) in [6, 6.07) is 17.9. The molecule has 0 aliphatic heterocycles. The number of halogens is 1. The van der Waals surface area contributed by atoms with Gasteiger partial charge in [-0.2, -0.15) is 5.10 Å². The van der Waals surface area contributed by atoms with Crippen LogP contribution in [0.3, 0.4) is 0 Å². The van der Waals surface area contributed by atoms with E-state index in [1.807, 2.05) is 36.4 Å². The lowest BCUT2D eigenvalue weighted by Crippen LogP contribution is -1.83. The number of nitrogens with one attached hydrogen (secondary N) is 2. The fraction of sp³-hybridized carbons (Fsp3) is 0. The van der Waals surface area contributed by atoms with Crippen molar-refractivity contribution in [2.75, 3.05) is 0 Å². The number of aromatic hydroxyl groups is 1. The number of aromatic amines is 2. The van der Waals surface area contributed by atoms with Crippen LogP contribution < -0.4 is 0 Å². The molecule has 6 nitrogen and oxygen atoms in total. The third-order valence-electron chi connectivity index (χ3n) is 5.57. The summed E-state index contributed by atoms with van der Waals surface area (Å²) >= 11 is 0. The Hall–Kier alpha value is -4.52. The first kappa shape index (κ1) is 18.3. The van der Waals surface area contributed by atoms with E-state index in [2.05, 4.69) is 31.2 Å². The highest BCUT2D eigenvalue weighted by atomic mass is 19.1. The number of hydrogen-bond acceptors (Lipinski definition) is 4. The number of H-pyrrole nitrogens is 2. The Balaban J connectivity index is 1.52. The molecule has 0 atom stereocenters. The van der Waals surface area contributed by atoms with Crippen LogP contribution in [-0.2, 0) is 0 Å². The van der Waals surface area contributed by atoms with Crippen LogP contribution in [0.5, 0.6) is 5.75 Å². The van der Waals surface area contributed by atoms with Crippen molar-refractivity contribution in [3.05, 3.63) is 85.2 Å². The van der Waals surface area contributed by atoms with Gasteiger partial charge in [0.1, 0.15) is 23.6 Å². The van der Waals surface area contributed by atoms with E-state index < -0.39 is 5.82 Å². The number of hydrogen-bond donors (Lipinski definition) is 3. The first-order valence-electron chi connectivity index (χ1n) is 10.0. The lowest BCUT2D eigenvalue weighted by Gasteiger charge is -2.05. The number of nitrogens with zero attached hydrogens (tertiary/aromatic N) is 3. The highest BCUT2D eigenvalue weighted by molar-refractivity contribution is 6.01. The van der Waals surface area contributed by atoms with Gasteiger partial charge < -0.3 is 10.1 Å². The van der Waals surface area contributed by atoms with Gasteiger partial charge in [0.25, 0.3) is 0 Å². The number of benzene rings is 3. The van der Waals surface area contributed by atoms with Gasteiger partial charge in [0.2, 0.25) is 0 Å². The molecule has 0 amide bonds. The van der Waals surface area contributed by atoms with Gasteiger partial charge in [0.15, 0.2) is 0 Å². The van der Waals surface area contributed by atoms with E-state index >= 15 is 0 Å². The molecule has 154 valence electrons. The molecule has 3 heterocycles. The minimum absolute atomic E-state index is 0.108. The van der Waals surface area contributed by atoms with Gasteiger partial charge in [-0.05, 0) is 53.1 Å². The number of phenolic OH excluding ortho intramolecular Hbond substituents is 1. The van der Waals surface area contributed by atoms with Crippen LogP contribution in [0.2, 0.25) is 0 Å². The topological polar surface area (TPSA) is 90.5 Å². The predicted molar refractivity (Wildman–Crippen MR) is 121 cm³/mol. The third kappa shape index (κ3) is 2.99.